The number of benzene rings is 1. The van der Waals surface area contributed by atoms with Crippen LogP contribution in [0.15, 0.2) is 40.8 Å². The summed E-state index contributed by atoms with van der Waals surface area (Å²) in [5.74, 6) is 0.216. The molecule has 1 aromatic rings. The van der Waals surface area contributed by atoms with Gasteiger partial charge in [0.05, 0.1) is 10.6 Å². The Morgan fingerprint density at radius 2 is 1.90 bits per heavy atom. The average molecular weight is 307 g/mol. The summed E-state index contributed by atoms with van der Waals surface area (Å²) < 4.78 is 23.9. The van der Waals surface area contributed by atoms with Crippen LogP contribution in [0.4, 0.5) is 5.69 Å². The second-order valence-corrected chi connectivity index (χ2v) is 7.74. The monoisotopic (exact) mass is 307 g/mol. The molecule has 0 fully saturated rings. The summed E-state index contributed by atoms with van der Waals surface area (Å²) in [7, 11) is -3.10. The fourth-order valence-electron chi connectivity index (χ4n) is 2.67. The normalized spacial score (nSPS) is 15.6. The summed E-state index contributed by atoms with van der Waals surface area (Å²) >= 11 is 0. The van der Waals surface area contributed by atoms with Crippen molar-refractivity contribution in [3.8, 4) is 0 Å². The van der Waals surface area contributed by atoms with Crippen molar-refractivity contribution in [2.75, 3.05) is 17.6 Å². The van der Waals surface area contributed by atoms with Crippen molar-refractivity contribution in [1.82, 2.24) is 0 Å². The van der Waals surface area contributed by atoms with E-state index in [1.165, 1.54) is 25.7 Å². The molecule has 116 valence electrons. The van der Waals surface area contributed by atoms with Crippen LogP contribution >= 0.6 is 0 Å². The molecule has 0 bridgehead atoms. The Morgan fingerprint density at radius 1 is 1.14 bits per heavy atom. The maximum absolute atomic E-state index is 11.9. The van der Waals surface area contributed by atoms with Crippen molar-refractivity contribution < 1.29 is 8.42 Å². The largest absolute Gasteiger partial charge is 0.385 e. The molecule has 0 aliphatic heterocycles. The highest BCUT2D eigenvalue weighted by molar-refractivity contribution is 7.91. The van der Waals surface area contributed by atoms with Crippen LogP contribution in [-0.2, 0) is 9.84 Å². The fourth-order valence-corrected chi connectivity index (χ4v) is 3.99. The molecule has 0 unspecified atom stereocenters. The van der Waals surface area contributed by atoms with Crippen LogP contribution in [0.25, 0.3) is 0 Å². The van der Waals surface area contributed by atoms with Crippen molar-refractivity contribution in [3.63, 3.8) is 0 Å². The van der Waals surface area contributed by atoms with E-state index in [1.807, 2.05) is 19.1 Å². The van der Waals surface area contributed by atoms with E-state index in [1.54, 1.807) is 17.7 Å². The van der Waals surface area contributed by atoms with E-state index in [4.69, 9.17) is 0 Å². The van der Waals surface area contributed by atoms with Crippen LogP contribution in [0.2, 0.25) is 0 Å². The van der Waals surface area contributed by atoms with Gasteiger partial charge in [-0.2, -0.15) is 0 Å². The summed E-state index contributed by atoms with van der Waals surface area (Å²) in [5, 5.41) is 3.37. The van der Waals surface area contributed by atoms with Gasteiger partial charge in [0.25, 0.3) is 0 Å². The lowest BCUT2D eigenvalue weighted by molar-refractivity contribution is 0.595. The second-order valence-electron chi connectivity index (χ2n) is 5.63. The molecule has 0 spiro atoms. The summed E-state index contributed by atoms with van der Waals surface area (Å²) in [4.78, 5) is 0.421. The Labute approximate surface area is 128 Å². The van der Waals surface area contributed by atoms with Gasteiger partial charge in [0.1, 0.15) is 0 Å². The Balaban J connectivity index is 1.86. The third-order valence-corrected chi connectivity index (χ3v) is 5.78. The minimum absolute atomic E-state index is 0.216. The van der Waals surface area contributed by atoms with E-state index in [2.05, 4.69) is 11.4 Å². The summed E-state index contributed by atoms with van der Waals surface area (Å²) in [6.07, 6.45) is 9.19. The summed E-state index contributed by atoms with van der Waals surface area (Å²) in [6, 6.07) is 7.12. The lowest BCUT2D eigenvalue weighted by Gasteiger charge is -2.13. The van der Waals surface area contributed by atoms with Gasteiger partial charge in [0.2, 0.25) is 0 Å². The van der Waals surface area contributed by atoms with Gasteiger partial charge < -0.3 is 5.32 Å². The zero-order valence-electron chi connectivity index (χ0n) is 12.8. The SMILES string of the molecule is CCCS(=O)(=O)c1ccc(NCCC2=CCCCC2)cc1. The van der Waals surface area contributed by atoms with Gasteiger partial charge in [-0.15, -0.1) is 0 Å². The first-order chi connectivity index (χ1) is 10.1. The van der Waals surface area contributed by atoms with E-state index in [-0.39, 0.29) is 5.75 Å². The average Bonchev–Trinajstić information content (AvgIpc) is 2.49. The Bertz CT molecular complexity index is 573. The molecule has 0 saturated heterocycles. The number of allylic oxidation sites excluding steroid dienone is 1. The molecule has 4 heteroatoms. The van der Waals surface area contributed by atoms with Crippen molar-refractivity contribution in [2.45, 2.75) is 50.3 Å². The fraction of sp³-hybridized carbons (Fsp3) is 0.529. The van der Waals surface area contributed by atoms with Gasteiger partial charge >= 0.3 is 0 Å². The maximum Gasteiger partial charge on any atom is 0.178 e. The number of sulfone groups is 1. The van der Waals surface area contributed by atoms with E-state index in [9.17, 15) is 8.42 Å². The molecular formula is C17H25NO2S. The molecule has 0 aromatic heterocycles. The topological polar surface area (TPSA) is 46.2 Å². The first-order valence-corrected chi connectivity index (χ1v) is 9.51. The summed E-state index contributed by atoms with van der Waals surface area (Å²) in [5.41, 5.74) is 2.54. The lowest BCUT2D eigenvalue weighted by Crippen LogP contribution is -2.07. The highest BCUT2D eigenvalue weighted by Crippen LogP contribution is 2.20. The zero-order chi connectivity index (χ0) is 15.1. The van der Waals surface area contributed by atoms with E-state index in [0.29, 0.717) is 11.3 Å². The molecule has 0 amide bonds. The molecule has 2 rings (SSSR count). The summed E-state index contributed by atoms with van der Waals surface area (Å²) in [6.45, 7) is 2.79. The molecule has 0 saturated carbocycles. The van der Waals surface area contributed by atoms with Gasteiger partial charge in [-0.05, 0) is 62.8 Å². The van der Waals surface area contributed by atoms with Crippen molar-refractivity contribution in [3.05, 3.63) is 35.9 Å². The van der Waals surface area contributed by atoms with E-state index >= 15 is 0 Å². The minimum Gasteiger partial charge on any atom is -0.385 e. The van der Waals surface area contributed by atoms with Crippen LogP contribution in [0.1, 0.15) is 45.4 Å². The molecule has 0 heterocycles. The van der Waals surface area contributed by atoms with Gasteiger partial charge in [0.15, 0.2) is 9.84 Å². The first kappa shape index (κ1) is 16.1. The minimum atomic E-state index is -3.10. The van der Waals surface area contributed by atoms with Gasteiger partial charge in [-0.1, -0.05) is 18.6 Å². The highest BCUT2D eigenvalue weighted by Gasteiger charge is 2.12. The maximum atomic E-state index is 11.9. The van der Waals surface area contributed by atoms with Gasteiger partial charge in [-0.25, -0.2) is 8.42 Å². The third-order valence-electron chi connectivity index (χ3n) is 3.85. The predicted octanol–water partition coefficient (Wildman–Crippen LogP) is 4.17. The molecule has 1 N–H and O–H groups in total. The zero-order valence-corrected chi connectivity index (χ0v) is 13.6. The second kappa shape index (κ2) is 7.64. The predicted molar refractivity (Wildman–Crippen MR) is 88.4 cm³/mol. The molecule has 0 atom stereocenters. The highest BCUT2D eigenvalue weighted by atomic mass is 32.2. The molecular weight excluding hydrogens is 282 g/mol. The van der Waals surface area contributed by atoms with Crippen molar-refractivity contribution >= 4 is 15.5 Å². The molecule has 3 nitrogen and oxygen atoms in total. The number of rotatable bonds is 7. The van der Waals surface area contributed by atoms with E-state index < -0.39 is 9.84 Å². The quantitative estimate of drug-likeness (QED) is 0.769. The Hall–Kier alpha value is -1.29. The van der Waals surface area contributed by atoms with Gasteiger partial charge in [-0.3, -0.25) is 0 Å². The lowest BCUT2D eigenvalue weighted by atomic mass is 9.97. The van der Waals surface area contributed by atoms with Crippen LogP contribution < -0.4 is 5.32 Å². The van der Waals surface area contributed by atoms with Crippen LogP contribution in [0.3, 0.4) is 0 Å². The Morgan fingerprint density at radius 3 is 2.52 bits per heavy atom. The van der Waals surface area contributed by atoms with Gasteiger partial charge in [0, 0.05) is 12.2 Å². The van der Waals surface area contributed by atoms with E-state index in [0.717, 1.165) is 18.7 Å². The smallest absolute Gasteiger partial charge is 0.178 e. The number of hydrogen-bond donors (Lipinski definition) is 1. The Kier molecular flexibility index (Phi) is 5.85. The van der Waals surface area contributed by atoms with Crippen LogP contribution in [0, 0.1) is 0 Å². The molecule has 21 heavy (non-hydrogen) atoms. The third kappa shape index (κ3) is 4.88. The number of anilines is 1. The standard InChI is InChI=1S/C17H25NO2S/c1-2-14-21(19,20)17-10-8-16(9-11-17)18-13-12-15-6-4-3-5-7-15/h6,8-11,18H,2-5,7,12-14H2,1H3. The van der Waals surface area contributed by atoms with Crippen LogP contribution in [-0.4, -0.2) is 20.7 Å². The molecule has 1 aliphatic rings. The van der Waals surface area contributed by atoms with Crippen LogP contribution in [0.5, 0.6) is 0 Å². The van der Waals surface area contributed by atoms with Crippen molar-refractivity contribution in [2.24, 2.45) is 0 Å². The first-order valence-electron chi connectivity index (χ1n) is 7.86. The molecule has 1 aromatic carbocycles. The number of hydrogen-bond acceptors (Lipinski definition) is 3. The molecule has 1 aliphatic carbocycles. The van der Waals surface area contributed by atoms with Crippen molar-refractivity contribution in [1.29, 1.82) is 0 Å². The number of nitrogens with one attached hydrogen (secondary N) is 1. The molecule has 0 radical (unpaired) electrons.